The molecular weight excluding hydrogens is 402 g/mol. The van der Waals surface area contributed by atoms with Gasteiger partial charge in [0.15, 0.2) is 5.96 Å². The molecule has 0 bridgehead atoms. The molecule has 0 amide bonds. The molecule has 1 fully saturated rings. The van der Waals surface area contributed by atoms with Crippen LogP contribution in [0.5, 0.6) is 0 Å². The molecule has 1 aliphatic rings. The summed E-state index contributed by atoms with van der Waals surface area (Å²) >= 11 is 0. The Bertz CT molecular complexity index is 901. The zero-order valence-corrected chi connectivity index (χ0v) is 18.6. The first-order valence-electron chi connectivity index (χ1n) is 11.5. The Labute approximate surface area is 189 Å². The lowest BCUT2D eigenvalue weighted by molar-refractivity contribution is 0.198. The molecule has 2 N–H and O–H groups in total. The number of likely N-dealkylation sites (tertiary alicyclic amines) is 1. The lowest BCUT2D eigenvalue weighted by Gasteiger charge is -2.33. The SMILES string of the molecule is c1ccc(CN2CCC(NC(=NCCCn3ccnn3)NCCc3ccco3)CC2)cc1. The molecule has 8 heteroatoms. The number of nitrogens with zero attached hydrogens (tertiary/aromatic N) is 5. The molecule has 0 aliphatic carbocycles. The van der Waals surface area contributed by atoms with Crippen molar-refractivity contribution in [2.75, 3.05) is 26.2 Å². The minimum absolute atomic E-state index is 0.437. The molecule has 0 saturated carbocycles. The van der Waals surface area contributed by atoms with Gasteiger partial charge in [-0.25, -0.2) is 0 Å². The van der Waals surface area contributed by atoms with Crippen LogP contribution in [0.4, 0.5) is 0 Å². The summed E-state index contributed by atoms with van der Waals surface area (Å²) in [5.41, 5.74) is 1.38. The molecule has 8 nitrogen and oxygen atoms in total. The van der Waals surface area contributed by atoms with Crippen LogP contribution in [0.3, 0.4) is 0 Å². The number of aliphatic imine (C=N–C) groups is 1. The second-order valence-electron chi connectivity index (χ2n) is 8.19. The van der Waals surface area contributed by atoms with Crippen LogP contribution in [0, 0.1) is 0 Å². The molecule has 0 radical (unpaired) electrons. The Morgan fingerprint density at radius 2 is 2.00 bits per heavy atom. The van der Waals surface area contributed by atoms with E-state index in [1.165, 1.54) is 5.56 Å². The zero-order valence-electron chi connectivity index (χ0n) is 18.6. The number of rotatable bonds is 10. The van der Waals surface area contributed by atoms with E-state index in [0.717, 1.165) is 76.7 Å². The van der Waals surface area contributed by atoms with Gasteiger partial charge in [0.2, 0.25) is 0 Å². The summed E-state index contributed by atoms with van der Waals surface area (Å²) in [6, 6.07) is 15.1. The lowest BCUT2D eigenvalue weighted by Crippen LogP contribution is -2.49. The molecule has 4 rings (SSSR count). The van der Waals surface area contributed by atoms with E-state index >= 15 is 0 Å². The third-order valence-corrected chi connectivity index (χ3v) is 5.71. The monoisotopic (exact) mass is 435 g/mol. The summed E-state index contributed by atoms with van der Waals surface area (Å²) in [5.74, 6) is 1.87. The molecular formula is C24H33N7O. The number of piperidine rings is 1. The van der Waals surface area contributed by atoms with Gasteiger partial charge >= 0.3 is 0 Å². The zero-order chi connectivity index (χ0) is 21.8. The quantitative estimate of drug-likeness (QED) is 0.289. The Morgan fingerprint density at radius 3 is 2.75 bits per heavy atom. The number of hydrogen-bond acceptors (Lipinski definition) is 5. The van der Waals surface area contributed by atoms with Crippen LogP contribution < -0.4 is 10.6 Å². The van der Waals surface area contributed by atoms with Crippen LogP contribution in [0.2, 0.25) is 0 Å². The first-order valence-corrected chi connectivity index (χ1v) is 11.5. The largest absolute Gasteiger partial charge is 0.469 e. The van der Waals surface area contributed by atoms with Gasteiger partial charge in [0.05, 0.1) is 12.5 Å². The summed E-state index contributed by atoms with van der Waals surface area (Å²) in [4.78, 5) is 7.35. The van der Waals surface area contributed by atoms with Gasteiger partial charge in [-0.05, 0) is 37.0 Å². The smallest absolute Gasteiger partial charge is 0.191 e. The molecule has 0 spiro atoms. The highest BCUT2D eigenvalue weighted by molar-refractivity contribution is 5.80. The Morgan fingerprint density at radius 1 is 1.12 bits per heavy atom. The fourth-order valence-corrected chi connectivity index (χ4v) is 3.96. The van der Waals surface area contributed by atoms with Gasteiger partial charge in [-0.3, -0.25) is 14.6 Å². The highest BCUT2D eigenvalue weighted by atomic mass is 16.3. The van der Waals surface area contributed by atoms with Crippen LogP contribution in [-0.4, -0.2) is 58.1 Å². The molecule has 32 heavy (non-hydrogen) atoms. The molecule has 3 aromatic rings. The van der Waals surface area contributed by atoms with Crippen LogP contribution in [0.15, 0.2) is 70.5 Å². The number of hydrogen-bond donors (Lipinski definition) is 2. The number of nitrogens with one attached hydrogen (secondary N) is 2. The standard InChI is InChI=1S/C24H33N7O/c1-2-6-21(7-3-1)20-30-16-10-22(11-17-30)28-24(26-13-9-23-8-4-19-32-23)25-12-5-15-31-18-14-27-29-31/h1-4,6-8,14,18-19,22H,5,9-13,15-17,20H2,(H2,25,26,28). The van der Waals surface area contributed by atoms with E-state index < -0.39 is 0 Å². The van der Waals surface area contributed by atoms with Gasteiger partial charge in [0.1, 0.15) is 5.76 Å². The average Bonchev–Trinajstić information content (AvgIpc) is 3.53. The first kappa shape index (κ1) is 22.1. The maximum atomic E-state index is 5.44. The van der Waals surface area contributed by atoms with Crippen molar-refractivity contribution in [1.29, 1.82) is 0 Å². The second kappa shape index (κ2) is 12.0. The minimum atomic E-state index is 0.437. The van der Waals surface area contributed by atoms with Crippen molar-refractivity contribution in [3.8, 4) is 0 Å². The topological polar surface area (TPSA) is 83.5 Å². The van der Waals surface area contributed by atoms with Crippen LogP contribution in [0.1, 0.15) is 30.6 Å². The third kappa shape index (κ3) is 7.23. The highest BCUT2D eigenvalue weighted by Gasteiger charge is 2.20. The Hall–Kier alpha value is -3.13. The molecule has 0 atom stereocenters. The molecule has 1 saturated heterocycles. The second-order valence-corrected chi connectivity index (χ2v) is 8.19. The predicted molar refractivity (Wildman–Crippen MR) is 125 cm³/mol. The maximum Gasteiger partial charge on any atom is 0.191 e. The molecule has 170 valence electrons. The molecule has 1 aliphatic heterocycles. The van der Waals surface area contributed by atoms with Crippen molar-refractivity contribution in [3.05, 3.63) is 72.4 Å². The van der Waals surface area contributed by atoms with E-state index in [-0.39, 0.29) is 0 Å². The van der Waals surface area contributed by atoms with E-state index in [9.17, 15) is 0 Å². The van der Waals surface area contributed by atoms with E-state index in [2.05, 4.69) is 56.2 Å². The predicted octanol–water partition coefficient (Wildman–Crippen LogP) is 2.70. The number of guanidine groups is 1. The van der Waals surface area contributed by atoms with E-state index in [1.807, 2.05) is 23.0 Å². The molecule has 1 aromatic carbocycles. The van der Waals surface area contributed by atoms with Crippen molar-refractivity contribution in [1.82, 2.24) is 30.5 Å². The summed E-state index contributed by atoms with van der Waals surface area (Å²) < 4.78 is 7.29. The first-order chi connectivity index (χ1) is 15.8. The van der Waals surface area contributed by atoms with Gasteiger partial charge in [-0.1, -0.05) is 35.5 Å². The molecule has 0 unspecified atom stereocenters. The average molecular weight is 436 g/mol. The fraction of sp³-hybridized carbons (Fsp3) is 0.458. The van der Waals surface area contributed by atoms with Gasteiger partial charge < -0.3 is 15.1 Å². The molecule has 2 aromatic heterocycles. The van der Waals surface area contributed by atoms with Crippen LogP contribution >= 0.6 is 0 Å². The minimum Gasteiger partial charge on any atom is -0.469 e. The Kier molecular flexibility index (Phi) is 8.31. The fourth-order valence-electron chi connectivity index (χ4n) is 3.96. The summed E-state index contributed by atoms with van der Waals surface area (Å²) in [6.07, 6.45) is 9.29. The Balaban J connectivity index is 1.24. The van der Waals surface area contributed by atoms with Gasteiger partial charge in [-0.2, -0.15) is 0 Å². The summed E-state index contributed by atoms with van der Waals surface area (Å²) in [6.45, 7) is 5.56. The summed E-state index contributed by atoms with van der Waals surface area (Å²) in [5, 5.41) is 15.0. The number of furan rings is 1. The van der Waals surface area contributed by atoms with E-state index in [4.69, 9.17) is 9.41 Å². The van der Waals surface area contributed by atoms with Gasteiger partial charge in [0.25, 0.3) is 0 Å². The number of aromatic nitrogens is 3. The number of benzene rings is 1. The van der Waals surface area contributed by atoms with Gasteiger partial charge in [-0.15, -0.1) is 5.10 Å². The van der Waals surface area contributed by atoms with Crippen molar-refractivity contribution < 1.29 is 4.42 Å². The lowest BCUT2D eigenvalue weighted by atomic mass is 10.0. The van der Waals surface area contributed by atoms with Crippen LogP contribution in [0.25, 0.3) is 0 Å². The van der Waals surface area contributed by atoms with Crippen LogP contribution in [-0.2, 0) is 19.5 Å². The third-order valence-electron chi connectivity index (χ3n) is 5.71. The summed E-state index contributed by atoms with van der Waals surface area (Å²) in [7, 11) is 0. The van der Waals surface area contributed by atoms with Gasteiger partial charge in [0, 0.05) is 57.9 Å². The molecule has 3 heterocycles. The van der Waals surface area contributed by atoms with Crippen molar-refractivity contribution in [3.63, 3.8) is 0 Å². The maximum absolute atomic E-state index is 5.44. The van der Waals surface area contributed by atoms with E-state index in [0.29, 0.717) is 6.04 Å². The number of aryl methyl sites for hydroxylation is 1. The van der Waals surface area contributed by atoms with Crippen molar-refractivity contribution in [2.24, 2.45) is 4.99 Å². The van der Waals surface area contributed by atoms with E-state index in [1.54, 1.807) is 12.5 Å². The van der Waals surface area contributed by atoms with Crippen molar-refractivity contribution in [2.45, 2.75) is 44.8 Å². The highest BCUT2D eigenvalue weighted by Crippen LogP contribution is 2.14. The normalized spacial score (nSPS) is 15.7. The van der Waals surface area contributed by atoms with Crippen molar-refractivity contribution >= 4 is 5.96 Å².